The van der Waals surface area contributed by atoms with Gasteiger partial charge in [-0.15, -0.1) is 4.40 Å². The lowest BCUT2D eigenvalue weighted by Crippen LogP contribution is -2.41. The smallest absolute Gasteiger partial charge is 0.285 e. The summed E-state index contributed by atoms with van der Waals surface area (Å²) < 4.78 is 28.6. The number of piperidine rings is 1. The van der Waals surface area contributed by atoms with Crippen molar-refractivity contribution in [2.75, 3.05) is 18.4 Å². The number of fused-ring (bicyclic) bond motifs is 2. The first kappa shape index (κ1) is 18.8. The predicted octanol–water partition coefficient (Wildman–Crippen LogP) is 3.64. The Hall–Kier alpha value is -3.19. The number of nitrogens with zero attached hydrogens (tertiary/aromatic N) is 2. The summed E-state index contributed by atoms with van der Waals surface area (Å²) in [6, 6.07) is 20.9. The van der Waals surface area contributed by atoms with E-state index in [4.69, 9.17) is 0 Å². The molecule has 6 nitrogen and oxygen atoms in total. The highest BCUT2D eigenvalue weighted by molar-refractivity contribution is 7.90. The fourth-order valence-corrected chi connectivity index (χ4v) is 5.41. The number of anilines is 1. The maximum Gasteiger partial charge on any atom is 0.285 e. The zero-order chi connectivity index (χ0) is 20.7. The van der Waals surface area contributed by atoms with Gasteiger partial charge in [0.2, 0.25) is 5.91 Å². The van der Waals surface area contributed by atoms with Crippen LogP contribution in [0.5, 0.6) is 0 Å². The van der Waals surface area contributed by atoms with E-state index in [2.05, 4.69) is 9.71 Å². The molecule has 0 unspecified atom stereocenters. The van der Waals surface area contributed by atoms with Crippen LogP contribution in [0, 0.1) is 5.92 Å². The van der Waals surface area contributed by atoms with E-state index >= 15 is 0 Å². The Bertz CT molecular complexity index is 1280. The topological polar surface area (TPSA) is 78.8 Å². The molecule has 1 amide bonds. The van der Waals surface area contributed by atoms with E-state index in [1.165, 1.54) is 0 Å². The Morgan fingerprint density at radius 2 is 1.63 bits per heavy atom. The molecule has 2 heterocycles. The number of amides is 1. The van der Waals surface area contributed by atoms with E-state index < -0.39 is 10.0 Å². The number of carbonyl (C=O) groups excluding carboxylic acids is 1. The summed E-state index contributed by atoms with van der Waals surface area (Å²) in [5.74, 6) is 0.395. The van der Waals surface area contributed by atoms with Crippen molar-refractivity contribution in [3.63, 3.8) is 0 Å². The van der Waals surface area contributed by atoms with Gasteiger partial charge < -0.3 is 10.2 Å². The van der Waals surface area contributed by atoms with Crippen molar-refractivity contribution in [2.45, 2.75) is 17.7 Å². The number of carbonyl (C=O) groups is 1. The number of nitrogens with one attached hydrogen (secondary N) is 1. The average molecular weight is 420 g/mol. The normalized spacial score (nSPS) is 18.1. The third kappa shape index (κ3) is 3.35. The van der Waals surface area contributed by atoms with Gasteiger partial charge in [0.25, 0.3) is 10.0 Å². The lowest BCUT2D eigenvalue weighted by atomic mass is 9.95. The molecule has 7 heteroatoms. The van der Waals surface area contributed by atoms with E-state index in [1.807, 2.05) is 53.4 Å². The molecule has 2 aliphatic rings. The number of hydrogen-bond donors (Lipinski definition) is 1. The van der Waals surface area contributed by atoms with Gasteiger partial charge in [0.15, 0.2) is 5.84 Å². The van der Waals surface area contributed by atoms with Gasteiger partial charge in [0, 0.05) is 30.3 Å². The van der Waals surface area contributed by atoms with Crippen molar-refractivity contribution >= 4 is 38.2 Å². The quantitative estimate of drug-likeness (QED) is 0.688. The fourth-order valence-electron chi connectivity index (χ4n) is 4.18. The van der Waals surface area contributed by atoms with Crippen LogP contribution in [0.4, 0.5) is 5.69 Å². The van der Waals surface area contributed by atoms with Crippen LogP contribution in [0.25, 0.3) is 10.8 Å². The molecule has 1 saturated heterocycles. The van der Waals surface area contributed by atoms with Crippen LogP contribution in [0.3, 0.4) is 0 Å². The molecule has 0 aromatic heterocycles. The molecular formula is C23H21N3O3S. The Labute approximate surface area is 175 Å². The molecule has 5 rings (SSSR count). The van der Waals surface area contributed by atoms with Gasteiger partial charge in [-0.3, -0.25) is 4.79 Å². The summed E-state index contributed by atoms with van der Waals surface area (Å²) in [5, 5.41) is 5.26. The second-order valence-electron chi connectivity index (χ2n) is 7.70. The molecule has 0 radical (unpaired) electrons. The zero-order valence-electron chi connectivity index (χ0n) is 16.3. The van der Waals surface area contributed by atoms with Gasteiger partial charge in [-0.25, -0.2) is 0 Å². The average Bonchev–Trinajstić information content (AvgIpc) is 3.05. The van der Waals surface area contributed by atoms with Crippen molar-refractivity contribution < 1.29 is 13.2 Å². The van der Waals surface area contributed by atoms with Gasteiger partial charge in [-0.2, -0.15) is 8.42 Å². The van der Waals surface area contributed by atoms with Crippen molar-refractivity contribution in [3.05, 3.63) is 72.3 Å². The highest BCUT2D eigenvalue weighted by atomic mass is 32.2. The largest absolute Gasteiger partial charge is 0.355 e. The Morgan fingerprint density at radius 3 is 2.43 bits per heavy atom. The molecule has 1 N–H and O–H groups in total. The number of likely N-dealkylation sites (tertiary alicyclic amines) is 1. The van der Waals surface area contributed by atoms with Crippen LogP contribution in [0.15, 0.2) is 76.0 Å². The summed E-state index contributed by atoms with van der Waals surface area (Å²) in [7, 11) is -3.63. The van der Waals surface area contributed by atoms with Gasteiger partial charge in [0.1, 0.15) is 4.90 Å². The summed E-state index contributed by atoms with van der Waals surface area (Å²) in [6.45, 7) is 1.19. The van der Waals surface area contributed by atoms with Gasteiger partial charge in [-0.1, -0.05) is 42.5 Å². The molecule has 3 aromatic rings. The van der Waals surface area contributed by atoms with E-state index in [0.717, 1.165) is 16.5 Å². The van der Waals surface area contributed by atoms with Crippen LogP contribution in [-0.2, 0) is 14.8 Å². The lowest BCUT2D eigenvalue weighted by molar-refractivity contribution is -0.120. The van der Waals surface area contributed by atoms with Crippen LogP contribution >= 0.6 is 0 Å². The van der Waals surface area contributed by atoms with E-state index in [0.29, 0.717) is 37.3 Å². The van der Waals surface area contributed by atoms with Crippen LogP contribution < -0.4 is 5.32 Å². The maximum atomic E-state index is 12.8. The third-order valence-corrected chi connectivity index (χ3v) is 7.12. The summed E-state index contributed by atoms with van der Waals surface area (Å²) in [5.41, 5.74) is 1.44. The van der Waals surface area contributed by atoms with Gasteiger partial charge >= 0.3 is 0 Å². The van der Waals surface area contributed by atoms with E-state index in [1.54, 1.807) is 18.2 Å². The predicted molar refractivity (Wildman–Crippen MR) is 117 cm³/mol. The van der Waals surface area contributed by atoms with Crippen molar-refractivity contribution in [1.82, 2.24) is 4.90 Å². The first-order chi connectivity index (χ1) is 14.5. The number of rotatable bonds is 2. The molecule has 0 atom stereocenters. The van der Waals surface area contributed by atoms with Gasteiger partial charge in [0.05, 0.1) is 0 Å². The standard InChI is InChI=1S/C23H21N3O3S/c27-23(24-19-10-9-16-5-1-2-6-18(16)15-19)17-11-13-26(14-12-17)22-20-7-3-4-8-21(20)30(28,29)25-22/h1-10,15,17H,11-14H2,(H,24,27). The first-order valence-corrected chi connectivity index (χ1v) is 11.4. The summed E-state index contributed by atoms with van der Waals surface area (Å²) >= 11 is 0. The molecule has 0 aliphatic carbocycles. The van der Waals surface area contributed by atoms with Crippen molar-refractivity contribution in [3.8, 4) is 0 Å². The third-order valence-electron chi connectivity index (χ3n) is 5.79. The molecule has 2 aliphatic heterocycles. The highest BCUT2D eigenvalue weighted by Crippen LogP contribution is 2.30. The molecular weight excluding hydrogens is 398 g/mol. The van der Waals surface area contributed by atoms with Crippen molar-refractivity contribution in [2.24, 2.45) is 10.3 Å². The molecule has 0 saturated carbocycles. The highest BCUT2D eigenvalue weighted by Gasteiger charge is 2.34. The molecule has 30 heavy (non-hydrogen) atoms. The molecule has 1 fully saturated rings. The minimum absolute atomic E-state index is 0.00585. The van der Waals surface area contributed by atoms with Crippen LogP contribution in [-0.4, -0.2) is 38.2 Å². The second kappa shape index (κ2) is 7.25. The monoisotopic (exact) mass is 419 g/mol. The van der Waals surface area contributed by atoms with Gasteiger partial charge in [-0.05, 0) is 47.9 Å². The fraction of sp³-hybridized carbons (Fsp3) is 0.217. The Kier molecular flexibility index (Phi) is 4.55. The maximum absolute atomic E-state index is 12.8. The first-order valence-electron chi connectivity index (χ1n) is 10.0. The molecule has 0 bridgehead atoms. The summed E-state index contributed by atoms with van der Waals surface area (Å²) in [4.78, 5) is 15.0. The Balaban J connectivity index is 1.26. The number of sulfonamides is 1. The van der Waals surface area contributed by atoms with Crippen molar-refractivity contribution in [1.29, 1.82) is 0 Å². The Morgan fingerprint density at radius 1 is 0.933 bits per heavy atom. The minimum Gasteiger partial charge on any atom is -0.355 e. The molecule has 3 aromatic carbocycles. The molecule has 0 spiro atoms. The number of amidine groups is 1. The van der Waals surface area contributed by atoms with E-state index in [9.17, 15) is 13.2 Å². The minimum atomic E-state index is -3.63. The zero-order valence-corrected chi connectivity index (χ0v) is 17.1. The van der Waals surface area contributed by atoms with Crippen LogP contribution in [0.1, 0.15) is 18.4 Å². The SMILES string of the molecule is O=C(Nc1ccc2ccccc2c1)C1CCN(C2=NS(=O)(=O)c3ccccc32)CC1. The summed E-state index contributed by atoms with van der Waals surface area (Å²) in [6.07, 6.45) is 1.31. The number of benzene rings is 3. The van der Waals surface area contributed by atoms with Crippen LogP contribution in [0.2, 0.25) is 0 Å². The molecule has 152 valence electrons. The lowest BCUT2D eigenvalue weighted by Gasteiger charge is -2.32. The van der Waals surface area contributed by atoms with E-state index in [-0.39, 0.29) is 16.7 Å². The second-order valence-corrected chi connectivity index (χ2v) is 9.27. The number of hydrogen-bond acceptors (Lipinski definition) is 4.